The number of carbonyl (C=O) groups is 5. The standard InChI is InChI=1S/C48H68N4O8S/c1-26(2)39-35(53)24-48(51-44(58)45(5,6)50-41(54)29-9-12-38(49-25-29)52-19-21-61(59)22-20-52)18-14-34-30(40(39)48)10-11-37-46(7)17-15-36(28(4)33(46)13-16-47(34,37)8)60-43(57)32-23-31(27(32)3)42(55)56/h9,12,25-28,30-34,36-37H,10-11,13-24H2,1-8H3,(H,50,54)(H,51,58)(H,55,56). The van der Waals surface area contributed by atoms with Gasteiger partial charge in [0.25, 0.3) is 5.91 Å². The molecule has 12 atom stereocenters. The van der Waals surface area contributed by atoms with Crippen LogP contribution in [0.4, 0.5) is 5.82 Å². The van der Waals surface area contributed by atoms with Crippen molar-refractivity contribution in [2.45, 2.75) is 137 Å². The zero-order chi connectivity index (χ0) is 44.0. The van der Waals surface area contributed by atoms with Crippen LogP contribution < -0.4 is 15.5 Å². The van der Waals surface area contributed by atoms with Crippen LogP contribution in [0.3, 0.4) is 0 Å². The summed E-state index contributed by atoms with van der Waals surface area (Å²) in [6.45, 7) is 18.0. The van der Waals surface area contributed by atoms with Crippen molar-refractivity contribution in [3.8, 4) is 0 Å². The predicted molar refractivity (Wildman–Crippen MR) is 233 cm³/mol. The van der Waals surface area contributed by atoms with Crippen molar-refractivity contribution in [1.29, 1.82) is 0 Å². The van der Waals surface area contributed by atoms with Crippen molar-refractivity contribution in [3.63, 3.8) is 0 Å². The highest BCUT2D eigenvalue weighted by Crippen LogP contribution is 2.70. The molecule has 0 spiro atoms. The number of fused-ring (bicyclic) bond motifs is 7. The molecule has 1 saturated heterocycles. The Bertz CT molecular complexity index is 1980. The molecule has 12 nitrogen and oxygen atoms in total. The Hall–Kier alpha value is -3.45. The van der Waals surface area contributed by atoms with Crippen molar-refractivity contribution in [1.82, 2.24) is 15.6 Å². The minimum Gasteiger partial charge on any atom is -0.616 e. The van der Waals surface area contributed by atoms with Crippen LogP contribution in [0.15, 0.2) is 29.5 Å². The number of amides is 2. The van der Waals surface area contributed by atoms with Crippen molar-refractivity contribution >= 4 is 46.5 Å². The number of hydrogen-bond donors (Lipinski definition) is 3. The summed E-state index contributed by atoms with van der Waals surface area (Å²) in [4.78, 5) is 73.6. The lowest BCUT2D eigenvalue weighted by Gasteiger charge is -2.67. The number of anilines is 1. The predicted octanol–water partition coefficient (Wildman–Crippen LogP) is 6.50. The number of carboxylic acid groups (broad SMARTS) is 1. The van der Waals surface area contributed by atoms with Gasteiger partial charge in [-0.1, -0.05) is 52.7 Å². The molecule has 3 N–H and O–H groups in total. The molecule has 1 aliphatic heterocycles. The largest absolute Gasteiger partial charge is 0.616 e. The third-order valence-corrected chi connectivity index (χ3v) is 18.9. The number of aliphatic carboxylic acids is 1. The van der Waals surface area contributed by atoms with Gasteiger partial charge in [0.2, 0.25) is 5.91 Å². The fraction of sp³-hybridized carbons (Fsp3) is 0.750. The molecule has 6 fully saturated rings. The zero-order valence-electron chi connectivity index (χ0n) is 37.5. The number of carbonyl (C=O) groups excluding carboxylic acids is 4. The summed E-state index contributed by atoms with van der Waals surface area (Å²) >= 11 is -0.804. The molecular weight excluding hydrogens is 793 g/mol. The van der Waals surface area contributed by atoms with Crippen LogP contribution in [0.5, 0.6) is 0 Å². The smallest absolute Gasteiger partial charge is 0.309 e. The molecule has 0 aromatic carbocycles. The van der Waals surface area contributed by atoms with E-state index in [1.165, 1.54) is 6.20 Å². The normalized spacial score (nSPS) is 38.7. The van der Waals surface area contributed by atoms with Gasteiger partial charge in [-0.15, -0.1) is 0 Å². The molecular formula is C48H68N4O8S. The lowest BCUT2D eigenvalue weighted by Crippen LogP contribution is -2.65. The lowest BCUT2D eigenvalue weighted by atomic mass is 9.38. The third kappa shape index (κ3) is 7.42. The van der Waals surface area contributed by atoms with Crippen LogP contribution in [0.25, 0.3) is 0 Å². The van der Waals surface area contributed by atoms with Gasteiger partial charge in [0.15, 0.2) is 5.78 Å². The Morgan fingerprint density at radius 3 is 2.26 bits per heavy atom. The highest BCUT2D eigenvalue weighted by molar-refractivity contribution is 7.91. The molecule has 7 aliphatic rings. The highest BCUT2D eigenvalue weighted by Gasteiger charge is 2.65. The number of hydrogen-bond acceptors (Lipinski definition) is 9. The first-order chi connectivity index (χ1) is 28.7. The summed E-state index contributed by atoms with van der Waals surface area (Å²) in [5.41, 5.74) is 0.439. The number of aromatic nitrogens is 1. The van der Waals surface area contributed by atoms with E-state index in [0.717, 1.165) is 61.9 Å². The molecule has 0 bridgehead atoms. The molecule has 6 aliphatic carbocycles. The summed E-state index contributed by atoms with van der Waals surface area (Å²) in [5, 5.41) is 15.9. The highest BCUT2D eigenvalue weighted by atomic mass is 32.2. The fourth-order valence-corrected chi connectivity index (χ4v) is 15.3. The number of rotatable bonds is 9. The molecule has 61 heavy (non-hydrogen) atoms. The zero-order valence-corrected chi connectivity index (χ0v) is 38.3. The van der Waals surface area contributed by atoms with E-state index in [1.807, 2.05) is 6.92 Å². The van der Waals surface area contributed by atoms with Gasteiger partial charge in [-0.05, 0) is 147 Å². The second-order valence-electron chi connectivity index (χ2n) is 21.5. The Balaban J connectivity index is 0.965. The molecule has 12 unspecified atom stereocenters. The molecule has 8 rings (SSSR count). The number of esters is 1. The Labute approximate surface area is 364 Å². The van der Waals surface area contributed by atoms with Crippen LogP contribution in [-0.2, 0) is 35.1 Å². The number of carboxylic acids is 1. The van der Waals surface area contributed by atoms with Gasteiger partial charge in [0.05, 0.1) is 36.0 Å². The van der Waals surface area contributed by atoms with Crippen LogP contribution in [0.2, 0.25) is 0 Å². The topological polar surface area (TPSA) is 178 Å². The van der Waals surface area contributed by atoms with Crippen molar-refractivity contribution < 1.29 is 38.4 Å². The van der Waals surface area contributed by atoms with Gasteiger partial charge < -0.3 is 29.9 Å². The number of allylic oxidation sites excluding steroid dienone is 1. The first-order valence-electron chi connectivity index (χ1n) is 23.1. The molecule has 0 radical (unpaired) electrons. The number of pyridine rings is 1. The van der Waals surface area contributed by atoms with Crippen LogP contribution in [0, 0.1) is 64.1 Å². The van der Waals surface area contributed by atoms with Gasteiger partial charge >= 0.3 is 11.9 Å². The molecule has 2 heterocycles. The molecule has 13 heteroatoms. The number of Topliss-reactive ketones (excluding diaryl/α,β-unsaturated/α-hetero) is 1. The number of ketones is 1. The summed E-state index contributed by atoms with van der Waals surface area (Å²) in [7, 11) is 0. The minimum absolute atomic E-state index is 0.0193. The Morgan fingerprint density at radius 1 is 0.951 bits per heavy atom. The molecule has 2 amide bonds. The van der Waals surface area contributed by atoms with E-state index in [2.05, 4.69) is 55.1 Å². The summed E-state index contributed by atoms with van der Waals surface area (Å²) in [6.07, 6.45) is 9.47. The average Bonchev–Trinajstić information content (AvgIpc) is 3.50. The van der Waals surface area contributed by atoms with Gasteiger partial charge in [-0.25, -0.2) is 4.98 Å². The third-order valence-electron chi connectivity index (χ3n) is 17.6. The van der Waals surface area contributed by atoms with E-state index < -0.39 is 40.0 Å². The van der Waals surface area contributed by atoms with Gasteiger partial charge in [0, 0.05) is 12.6 Å². The summed E-state index contributed by atoms with van der Waals surface area (Å²) in [6, 6.07) is 3.51. The molecule has 5 saturated carbocycles. The van der Waals surface area contributed by atoms with E-state index in [0.29, 0.717) is 60.8 Å². The van der Waals surface area contributed by atoms with Crippen LogP contribution >= 0.6 is 0 Å². The maximum Gasteiger partial charge on any atom is 0.309 e. The monoisotopic (exact) mass is 860 g/mol. The van der Waals surface area contributed by atoms with Gasteiger partial charge in [-0.2, -0.15) is 0 Å². The maximum absolute atomic E-state index is 14.4. The van der Waals surface area contributed by atoms with E-state index in [9.17, 15) is 33.6 Å². The lowest BCUT2D eigenvalue weighted by molar-refractivity contribution is -0.196. The van der Waals surface area contributed by atoms with Crippen LogP contribution in [-0.4, -0.2) is 86.0 Å². The SMILES string of the molecule is CC(C)C1=C2C3CCC4C(C)(CCC5C(C)C(OC(=O)C6CC(C(=O)O)C6C)CCC54C)C3CCC2(NC(=O)C(C)(C)NC(=O)c2ccc(N3CC[S+]([O-])CC3)nc2)CC1=O. The van der Waals surface area contributed by atoms with Crippen molar-refractivity contribution in [3.05, 3.63) is 35.0 Å². The Kier molecular flexibility index (Phi) is 11.6. The van der Waals surface area contributed by atoms with Crippen LogP contribution in [0.1, 0.15) is 130 Å². The second kappa shape index (κ2) is 16.0. The molecule has 1 aromatic rings. The Morgan fingerprint density at radius 2 is 1.62 bits per heavy atom. The second-order valence-corrected chi connectivity index (χ2v) is 23.2. The maximum atomic E-state index is 14.4. The van der Waals surface area contributed by atoms with E-state index in [-0.39, 0.29) is 70.6 Å². The quantitative estimate of drug-likeness (QED) is 0.184. The average molecular weight is 861 g/mol. The minimum atomic E-state index is -1.27. The summed E-state index contributed by atoms with van der Waals surface area (Å²) < 4.78 is 18.1. The molecule has 334 valence electrons. The van der Waals surface area contributed by atoms with E-state index in [4.69, 9.17) is 4.74 Å². The summed E-state index contributed by atoms with van der Waals surface area (Å²) in [5.74, 6) is 0.918. The first-order valence-corrected chi connectivity index (χ1v) is 24.6. The van der Waals surface area contributed by atoms with Crippen molar-refractivity contribution in [2.75, 3.05) is 29.5 Å². The van der Waals surface area contributed by atoms with Crippen molar-refractivity contribution in [2.24, 2.45) is 64.1 Å². The number of ether oxygens (including phenoxy) is 1. The van der Waals surface area contributed by atoms with E-state index in [1.54, 1.807) is 26.0 Å². The van der Waals surface area contributed by atoms with Gasteiger partial charge in [0.1, 0.15) is 29.0 Å². The van der Waals surface area contributed by atoms with Gasteiger partial charge in [-0.3, -0.25) is 24.0 Å². The number of nitrogens with one attached hydrogen (secondary N) is 2. The van der Waals surface area contributed by atoms with E-state index >= 15 is 0 Å². The molecule has 1 aromatic heterocycles. The fourth-order valence-electron chi connectivity index (χ4n) is 14.2. The number of nitrogens with zero attached hydrogens (tertiary/aromatic N) is 2. The first kappa shape index (κ1) is 44.2.